The second-order valence-electron chi connectivity index (χ2n) is 4.30. The highest BCUT2D eigenvalue weighted by atomic mass is 35.5. The van der Waals surface area contributed by atoms with Gasteiger partial charge in [0.25, 0.3) is 0 Å². The quantitative estimate of drug-likeness (QED) is 0.576. The van der Waals surface area contributed by atoms with Crippen molar-refractivity contribution in [1.82, 2.24) is 4.98 Å². The largest absolute Gasteiger partial charge is 0.385 e. The smallest absolute Gasteiger partial charge is 0.0677 e. The number of halogens is 1. The molecule has 1 saturated carbocycles. The van der Waals surface area contributed by atoms with E-state index < -0.39 is 0 Å². The first kappa shape index (κ1) is 12.5. The summed E-state index contributed by atoms with van der Waals surface area (Å²) in [6, 6.07) is 2.54. The van der Waals surface area contributed by atoms with Gasteiger partial charge < -0.3 is 4.74 Å². The van der Waals surface area contributed by atoms with Crippen LogP contribution in [0.2, 0.25) is 5.02 Å². The highest BCUT2D eigenvalue weighted by molar-refractivity contribution is 6.32. The molecule has 92 valence electrons. The van der Waals surface area contributed by atoms with Gasteiger partial charge in [0.2, 0.25) is 0 Å². The fourth-order valence-corrected chi connectivity index (χ4v) is 1.69. The fourth-order valence-electron chi connectivity index (χ4n) is 1.54. The van der Waals surface area contributed by atoms with Crippen LogP contribution in [0.4, 0.5) is 0 Å². The minimum Gasteiger partial charge on any atom is -0.385 e. The third-order valence-electron chi connectivity index (χ3n) is 2.69. The van der Waals surface area contributed by atoms with Crippen molar-refractivity contribution in [2.24, 2.45) is 4.99 Å². The first-order valence-corrected chi connectivity index (χ1v) is 6.34. The SMILES string of the molecule is COCCCc1cc(C=NC2CC2)c(Cl)cn1. The predicted molar refractivity (Wildman–Crippen MR) is 70.1 cm³/mol. The van der Waals surface area contributed by atoms with Crippen molar-refractivity contribution in [3.63, 3.8) is 0 Å². The third kappa shape index (κ3) is 4.10. The van der Waals surface area contributed by atoms with Gasteiger partial charge in [0.05, 0.1) is 11.1 Å². The zero-order valence-electron chi connectivity index (χ0n) is 10.0. The Balaban J connectivity index is 2.00. The maximum absolute atomic E-state index is 6.08. The van der Waals surface area contributed by atoms with Crippen LogP contribution in [0.5, 0.6) is 0 Å². The van der Waals surface area contributed by atoms with Crippen LogP contribution >= 0.6 is 11.6 Å². The molecule has 1 aliphatic rings. The number of aliphatic imine (C=N–C) groups is 1. The van der Waals surface area contributed by atoms with Gasteiger partial charge in [0, 0.05) is 37.4 Å². The Labute approximate surface area is 107 Å². The number of hydrogen-bond donors (Lipinski definition) is 0. The van der Waals surface area contributed by atoms with Crippen LogP contribution in [0.1, 0.15) is 30.5 Å². The van der Waals surface area contributed by atoms with Crippen LogP contribution in [0.25, 0.3) is 0 Å². The van der Waals surface area contributed by atoms with Crippen molar-refractivity contribution in [3.8, 4) is 0 Å². The first-order chi connectivity index (χ1) is 8.29. The molecule has 0 aliphatic heterocycles. The monoisotopic (exact) mass is 252 g/mol. The van der Waals surface area contributed by atoms with E-state index in [0.717, 1.165) is 30.7 Å². The van der Waals surface area contributed by atoms with Crippen LogP contribution in [-0.4, -0.2) is 31.0 Å². The zero-order chi connectivity index (χ0) is 12.1. The van der Waals surface area contributed by atoms with Gasteiger partial charge in [-0.2, -0.15) is 0 Å². The lowest BCUT2D eigenvalue weighted by atomic mass is 10.2. The second kappa shape index (κ2) is 6.12. The van der Waals surface area contributed by atoms with Gasteiger partial charge >= 0.3 is 0 Å². The van der Waals surface area contributed by atoms with E-state index in [1.54, 1.807) is 13.3 Å². The van der Waals surface area contributed by atoms with Gasteiger partial charge in [-0.3, -0.25) is 9.98 Å². The molecule has 1 aromatic rings. The summed E-state index contributed by atoms with van der Waals surface area (Å²) in [5, 5.41) is 0.671. The van der Waals surface area contributed by atoms with Crippen molar-refractivity contribution in [2.45, 2.75) is 31.7 Å². The highest BCUT2D eigenvalue weighted by Crippen LogP contribution is 2.24. The molecule has 0 radical (unpaired) electrons. The lowest BCUT2D eigenvalue weighted by Gasteiger charge is -2.03. The molecular weight excluding hydrogens is 236 g/mol. The number of rotatable bonds is 6. The number of nitrogens with zero attached hydrogens (tertiary/aromatic N) is 2. The molecule has 1 aromatic heterocycles. The molecule has 0 spiro atoms. The standard InChI is InChI=1S/C13H17ClN2O/c1-17-6-2-3-12-7-10(13(14)9-16-12)8-15-11-4-5-11/h7-9,11H,2-6H2,1H3. The van der Waals surface area contributed by atoms with Gasteiger partial charge in [-0.05, 0) is 31.7 Å². The number of ether oxygens (including phenoxy) is 1. The van der Waals surface area contributed by atoms with Crippen molar-refractivity contribution in [1.29, 1.82) is 0 Å². The summed E-state index contributed by atoms with van der Waals surface area (Å²) in [5.74, 6) is 0. The molecule has 2 rings (SSSR count). The van der Waals surface area contributed by atoms with E-state index in [1.165, 1.54) is 12.8 Å². The fraction of sp³-hybridized carbons (Fsp3) is 0.538. The van der Waals surface area contributed by atoms with E-state index in [-0.39, 0.29) is 0 Å². The van der Waals surface area contributed by atoms with Crippen LogP contribution < -0.4 is 0 Å². The predicted octanol–water partition coefficient (Wildman–Crippen LogP) is 2.90. The van der Waals surface area contributed by atoms with Gasteiger partial charge in [-0.15, -0.1) is 0 Å². The Bertz CT molecular complexity index is 402. The summed E-state index contributed by atoms with van der Waals surface area (Å²) in [7, 11) is 1.71. The molecule has 0 aromatic carbocycles. The summed E-state index contributed by atoms with van der Waals surface area (Å²) < 4.78 is 5.02. The Morgan fingerprint density at radius 2 is 2.41 bits per heavy atom. The van der Waals surface area contributed by atoms with Crippen LogP contribution in [0.15, 0.2) is 17.3 Å². The van der Waals surface area contributed by atoms with Gasteiger partial charge in [-0.25, -0.2) is 0 Å². The Kier molecular flexibility index (Phi) is 4.51. The maximum Gasteiger partial charge on any atom is 0.0677 e. The zero-order valence-corrected chi connectivity index (χ0v) is 10.8. The molecule has 0 N–H and O–H groups in total. The van der Waals surface area contributed by atoms with E-state index in [9.17, 15) is 0 Å². The average molecular weight is 253 g/mol. The number of hydrogen-bond acceptors (Lipinski definition) is 3. The summed E-state index contributed by atoms with van der Waals surface area (Å²) >= 11 is 6.08. The number of pyridine rings is 1. The van der Waals surface area contributed by atoms with Gasteiger partial charge in [0.1, 0.15) is 0 Å². The number of aromatic nitrogens is 1. The van der Waals surface area contributed by atoms with E-state index in [4.69, 9.17) is 16.3 Å². The Morgan fingerprint density at radius 3 is 3.12 bits per heavy atom. The normalized spacial score (nSPS) is 15.6. The second-order valence-corrected chi connectivity index (χ2v) is 4.71. The van der Waals surface area contributed by atoms with Crippen molar-refractivity contribution in [2.75, 3.05) is 13.7 Å². The molecule has 0 unspecified atom stereocenters. The van der Waals surface area contributed by atoms with E-state index >= 15 is 0 Å². The highest BCUT2D eigenvalue weighted by Gasteiger charge is 2.19. The van der Waals surface area contributed by atoms with Crippen molar-refractivity contribution >= 4 is 17.8 Å². The molecular formula is C13H17ClN2O. The molecule has 1 aliphatic carbocycles. The summed E-state index contributed by atoms with van der Waals surface area (Å²) in [5.41, 5.74) is 2.02. The summed E-state index contributed by atoms with van der Waals surface area (Å²) in [4.78, 5) is 8.75. The van der Waals surface area contributed by atoms with Crippen molar-refractivity contribution < 1.29 is 4.74 Å². The molecule has 0 saturated heterocycles. The Hall–Kier alpha value is -0.930. The molecule has 3 nitrogen and oxygen atoms in total. The lowest BCUT2D eigenvalue weighted by molar-refractivity contribution is 0.195. The van der Waals surface area contributed by atoms with Gasteiger partial charge in [0.15, 0.2) is 0 Å². The Morgan fingerprint density at radius 1 is 1.59 bits per heavy atom. The molecule has 0 atom stereocenters. The minimum absolute atomic E-state index is 0.524. The molecule has 0 amide bonds. The topological polar surface area (TPSA) is 34.5 Å². The molecule has 1 fully saturated rings. The molecule has 1 heterocycles. The molecule has 0 bridgehead atoms. The lowest BCUT2D eigenvalue weighted by Crippen LogP contribution is -1.97. The van der Waals surface area contributed by atoms with Crippen LogP contribution in [-0.2, 0) is 11.2 Å². The number of aryl methyl sites for hydroxylation is 1. The van der Waals surface area contributed by atoms with E-state index in [2.05, 4.69) is 9.98 Å². The average Bonchev–Trinajstić information content (AvgIpc) is 3.14. The van der Waals surface area contributed by atoms with Gasteiger partial charge in [-0.1, -0.05) is 11.6 Å². The van der Waals surface area contributed by atoms with E-state index in [1.807, 2.05) is 12.3 Å². The van der Waals surface area contributed by atoms with Crippen LogP contribution in [0.3, 0.4) is 0 Å². The first-order valence-electron chi connectivity index (χ1n) is 5.96. The maximum atomic E-state index is 6.08. The number of methoxy groups -OCH3 is 1. The third-order valence-corrected chi connectivity index (χ3v) is 3.01. The summed E-state index contributed by atoms with van der Waals surface area (Å²) in [6.07, 6.45) is 7.89. The minimum atomic E-state index is 0.524. The van der Waals surface area contributed by atoms with Crippen molar-refractivity contribution in [3.05, 3.63) is 28.5 Å². The van der Waals surface area contributed by atoms with Crippen LogP contribution in [0, 0.1) is 0 Å². The molecule has 17 heavy (non-hydrogen) atoms. The summed E-state index contributed by atoms with van der Waals surface area (Å²) in [6.45, 7) is 0.760. The molecule has 4 heteroatoms. The van der Waals surface area contributed by atoms with E-state index in [0.29, 0.717) is 11.1 Å².